The number of aryl methyl sites for hydroxylation is 1. The van der Waals surface area contributed by atoms with Crippen molar-refractivity contribution in [3.05, 3.63) is 23.8 Å². The minimum absolute atomic E-state index is 0.0709. The Labute approximate surface area is 94.7 Å². The van der Waals surface area contributed by atoms with Crippen molar-refractivity contribution < 1.29 is 9.90 Å². The molecule has 1 heterocycles. The summed E-state index contributed by atoms with van der Waals surface area (Å²) in [4.78, 5) is 11.8. The Morgan fingerprint density at radius 1 is 1.56 bits per heavy atom. The van der Waals surface area contributed by atoms with E-state index in [0.29, 0.717) is 5.69 Å². The van der Waals surface area contributed by atoms with Gasteiger partial charge in [0.2, 0.25) is 5.91 Å². The van der Waals surface area contributed by atoms with E-state index in [9.17, 15) is 9.90 Å². The summed E-state index contributed by atoms with van der Waals surface area (Å²) < 4.78 is 0. The van der Waals surface area contributed by atoms with Gasteiger partial charge in [-0.15, -0.1) is 0 Å². The Bertz CT molecular complexity index is 398. The molecule has 1 aliphatic rings. The molecule has 0 spiro atoms. The van der Waals surface area contributed by atoms with Crippen LogP contribution in [0.1, 0.15) is 18.4 Å². The molecule has 0 saturated carbocycles. The number of nitrogens with one attached hydrogen (secondary N) is 2. The lowest BCUT2D eigenvalue weighted by molar-refractivity contribution is -0.117. The first-order chi connectivity index (χ1) is 7.66. The molecule has 0 aromatic heterocycles. The standard InChI is InChI=1S/C12H16N2O2/c1-8-4-5-11(15)10(7-8)14-12(16)9-3-2-6-13-9/h4-5,7,9,13,15H,2-3,6H2,1H3,(H,14,16)/t9-/m1/s1. The average Bonchev–Trinajstić information content (AvgIpc) is 2.76. The number of amides is 1. The van der Waals surface area contributed by atoms with Crippen LogP contribution in [0.5, 0.6) is 5.75 Å². The van der Waals surface area contributed by atoms with E-state index in [0.717, 1.165) is 24.9 Å². The Kier molecular flexibility index (Phi) is 3.10. The SMILES string of the molecule is Cc1ccc(O)c(NC(=O)[C@H]2CCCN2)c1. The third-order valence-corrected chi connectivity index (χ3v) is 2.79. The maximum Gasteiger partial charge on any atom is 0.241 e. The smallest absolute Gasteiger partial charge is 0.241 e. The van der Waals surface area contributed by atoms with Crippen LogP contribution < -0.4 is 10.6 Å². The van der Waals surface area contributed by atoms with Gasteiger partial charge < -0.3 is 15.7 Å². The van der Waals surface area contributed by atoms with E-state index in [1.54, 1.807) is 18.2 Å². The Hall–Kier alpha value is -1.55. The lowest BCUT2D eigenvalue weighted by Gasteiger charge is -2.12. The van der Waals surface area contributed by atoms with Crippen LogP contribution in [0, 0.1) is 6.92 Å². The van der Waals surface area contributed by atoms with Crippen LogP contribution >= 0.6 is 0 Å². The van der Waals surface area contributed by atoms with Crippen molar-refractivity contribution in [2.45, 2.75) is 25.8 Å². The summed E-state index contributed by atoms with van der Waals surface area (Å²) in [6.45, 7) is 2.81. The Balaban J connectivity index is 2.07. The van der Waals surface area contributed by atoms with Crippen molar-refractivity contribution in [3.63, 3.8) is 0 Å². The number of carbonyl (C=O) groups is 1. The second kappa shape index (κ2) is 4.53. The van der Waals surface area contributed by atoms with Gasteiger partial charge in [0.1, 0.15) is 5.75 Å². The fourth-order valence-electron chi connectivity index (χ4n) is 1.88. The average molecular weight is 220 g/mol. The number of phenols is 1. The maximum absolute atomic E-state index is 11.8. The van der Waals surface area contributed by atoms with Crippen molar-refractivity contribution in [3.8, 4) is 5.75 Å². The number of benzene rings is 1. The van der Waals surface area contributed by atoms with Crippen LogP contribution in [0.4, 0.5) is 5.69 Å². The molecule has 86 valence electrons. The van der Waals surface area contributed by atoms with Crippen molar-refractivity contribution >= 4 is 11.6 Å². The molecule has 2 rings (SSSR count). The van der Waals surface area contributed by atoms with E-state index in [1.165, 1.54) is 0 Å². The van der Waals surface area contributed by atoms with Crippen molar-refractivity contribution in [1.82, 2.24) is 5.32 Å². The molecule has 1 aliphatic heterocycles. The summed E-state index contributed by atoms with van der Waals surface area (Å²) in [5.74, 6) is 0.0374. The zero-order valence-corrected chi connectivity index (χ0v) is 9.29. The molecule has 0 aliphatic carbocycles. The molecule has 4 nitrogen and oxygen atoms in total. The van der Waals surface area contributed by atoms with Gasteiger partial charge in [0.25, 0.3) is 0 Å². The highest BCUT2D eigenvalue weighted by atomic mass is 16.3. The van der Waals surface area contributed by atoms with Gasteiger partial charge in [-0.2, -0.15) is 0 Å². The Morgan fingerprint density at radius 3 is 3.06 bits per heavy atom. The molecule has 16 heavy (non-hydrogen) atoms. The van der Waals surface area contributed by atoms with E-state index >= 15 is 0 Å². The second-order valence-corrected chi connectivity index (χ2v) is 4.16. The molecule has 0 bridgehead atoms. The number of rotatable bonds is 2. The molecule has 1 saturated heterocycles. The van der Waals surface area contributed by atoms with Gasteiger partial charge >= 0.3 is 0 Å². The van der Waals surface area contributed by atoms with Gasteiger partial charge in [0, 0.05) is 0 Å². The van der Waals surface area contributed by atoms with E-state index < -0.39 is 0 Å². The summed E-state index contributed by atoms with van der Waals surface area (Å²) in [7, 11) is 0. The monoisotopic (exact) mass is 220 g/mol. The fourth-order valence-corrected chi connectivity index (χ4v) is 1.88. The minimum atomic E-state index is -0.125. The summed E-state index contributed by atoms with van der Waals surface area (Å²) >= 11 is 0. The fraction of sp³-hybridized carbons (Fsp3) is 0.417. The van der Waals surface area contributed by atoms with Crippen LogP contribution in [0.2, 0.25) is 0 Å². The number of anilines is 1. The lowest BCUT2D eigenvalue weighted by atomic mass is 10.2. The number of carbonyl (C=O) groups excluding carboxylic acids is 1. The van der Waals surface area contributed by atoms with Crippen molar-refractivity contribution in [1.29, 1.82) is 0 Å². The minimum Gasteiger partial charge on any atom is -0.506 e. The molecule has 4 heteroatoms. The number of hydrogen-bond donors (Lipinski definition) is 3. The maximum atomic E-state index is 11.8. The highest BCUT2D eigenvalue weighted by molar-refractivity contribution is 5.96. The predicted octanol–water partition coefficient (Wildman–Crippen LogP) is 1.39. The molecular weight excluding hydrogens is 204 g/mol. The van der Waals surface area contributed by atoms with E-state index in [-0.39, 0.29) is 17.7 Å². The third kappa shape index (κ3) is 2.33. The van der Waals surface area contributed by atoms with Crippen LogP contribution in [0.25, 0.3) is 0 Å². The predicted molar refractivity (Wildman–Crippen MR) is 62.5 cm³/mol. The Morgan fingerprint density at radius 2 is 2.38 bits per heavy atom. The first kappa shape index (κ1) is 11.0. The topological polar surface area (TPSA) is 61.4 Å². The first-order valence-corrected chi connectivity index (χ1v) is 5.50. The van der Waals surface area contributed by atoms with Gasteiger partial charge in [-0.25, -0.2) is 0 Å². The summed E-state index contributed by atoms with van der Waals surface area (Å²) in [5, 5.41) is 15.5. The van der Waals surface area contributed by atoms with Crippen LogP contribution in [-0.2, 0) is 4.79 Å². The molecule has 1 fully saturated rings. The van der Waals surface area contributed by atoms with Gasteiger partial charge in [0.05, 0.1) is 11.7 Å². The van der Waals surface area contributed by atoms with E-state index in [1.807, 2.05) is 6.92 Å². The number of aromatic hydroxyl groups is 1. The summed E-state index contributed by atoms with van der Waals surface area (Å²) in [6, 6.07) is 5.04. The molecule has 3 N–H and O–H groups in total. The molecule has 1 atom stereocenters. The largest absolute Gasteiger partial charge is 0.506 e. The van der Waals surface area contributed by atoms with Gasteiger partial charge in [0.15, 0.2) is 0 Å². The van der Waals surface area contributed by atoms with E-state index in [4.69, 9.17) is 0 Å². The van der Waals surface area contributed by atoms with Crippen LogP contribution in [0.15, 0.2) is 18.2 Å². The first-order valence-electron chi connectivity index (χ1n) is 5.50. The van der Waals surface area contributed by atoms with Gasteiger partial charge in [-0.05, 0) is 44.0 Å². The highest BCUT2D eigenvalue weighted by Crippen LogP contribution is 2.24. The normalized spacial score (nSPS) is 19.7. The van der Waals surface area contributed by atoms with Crippen LogP contribution in [-0.4, -0.2) is 23.6 Å². The highest BCUT2D eigenvalue weighted by Gasteiger charge is 2.22. The summed E-state index contributed by atoms with van der Waals surface area (Å²) in [6.07, 6.45) is 1.89. The zero-order chi connectivity index (χ0) is 11.5. The van der Waals surface area contributed by atoms with Gasteiger partial charge in [-0.3, -0.25) is 4.79 Å². The lowest BCUT2D eigenvalue weighted by Crippen LogP contribution is -2.35. The molecule has 0 radical (unpaired) electrons. The molecule has 1 aromatic carbocycles. The molecule has 0 unspecified atom stereocenters. The van der Waals surface area contributed by atoms with E-state index in [2.05, 4.69) is 10.6 Å². The summed E-state index contributed by atoms with van der Waals surface area (Å²) in [5.41, 5.74) is 1.49. The number of phenolic OH excluding ortho intramolecular Hbond substituents is 1. The number of hydrogen-bond acceptors (Lipinski definition) is 3. The molecular formula is C12H16N2O2. The third-order valence-electron chi connectivity index (χ3n) is 2.79. The van der Waals surface area contributed by atoms with Crippen molar-refractivity contribution in [2.75, 3.05) is 11.9 Å². The quantitative estimate of drug-likeness (QED) is 0.660. The molecule has 1 amide bonds. The second-order valence-electron chi connectivity index (χ2n) is 4.16. The van der Waals surface area contributed by atoms with Gasteiger partial charge in [-0.1, -0.05) is 6.07 Å². The van der Waals surface area contributed by atoms with Crippen molar-refractivity contribution in [2.24, 2.45) is 0 Å². The van der Waals surface area contributed by atoms with Crippen LogP contribution in [0.3, 0.4) is 0 Å². The molecule has 1 aromatic rings. The zero-order valence-electron chi connectivity index (χ0n) is 9.29.